The van der Waals surface area contributed by atoms with E-state index in [9.17, 15) is 19.1 Å². The Hall–Kier alpha value is -2.57. The highest BCUT2D eigenvalue weighted by atomic mass is 19.1. The van der Waals surface area contributed by atoms with Crippen LogP contribution >= 0.6 is 0 Å². The highest BCUT2D eigenvalue weighted by Crippen LogP contribution is 2.11. The first-order chi connectivity index (χ1) is 8.58. The molecule has 0 radical (unpaired) electrons. The number of halogens is 1. The van der Waals surface area contributed by atoms with E-state index in [2.05, 4.69) is 16.0 Å². The quantitative estimate of drug-likeness (QED) is 0.566. The molecule has 1 aromatic rings. The van der Waals surface area contributed by atoms with Gasteiger partial charge in [0.15, 0.2) is 5.57 Å². The second-order valence-corrected chi connectivity index (χ2v) is 3.54. The normalized spacial score (nSPS) is 14.8. The molecule has 6 nitrogen and oxygen atoms in total. The number of aliphatic hydroxyl groups excluding tert-OH is 1. The van der Waals surface area contributed by atoms with E-state index in [-0.39, 0.29) is 6.67 Å². The fourth-order valence-electron chi connectivity index (χ4n) is 1.43. The molecule has 0 spiro atoms. The van der Waals surface area contributed by atoms with Crippen LogP contribution in [0.4, 0.5) is 10.1 Å². The number of carbonyl (C=O) groups excluding carboxylic acids is 2. The van der Waals surface area contributed by atoms with Gasteiger partial charge in [-0.3, -0.25) is 9.59 Å². The van der Waals surface area contributed by atoms with Crippen LogP contribution in [0.2, 0.25) is 0 Å². The maximum absolute atomic E-state index is 12.7. The molecule has 1 aliphatic heterocycles. The summed E-state index contributed by atoms with van der Waals surface area (Å²) < 4.78 is 12.7. The first-order valence-corrected chi connectivity index (χ1v) is 5.10. The summed E-state index contributed by atoms with van der Waals surface area (Å²) in [7, 11) is 0. The van der Waals surface area contributed by atoms with E-state index in [0.717, 1.165) is 0 Å². The van der Waals surface area contributed by atoms with Crippen LogP contribution in [0.25, 0.3) is 0 Å². The average molecular weight is 251 g/mol. The standard InChI is InChI=1S/C11H10FN3O3/c12-6-1-3-7(4-2-6)15-11(18)8-9(16)13-5-14-10(8)17/h1-4,13,16H,5H2,(H,14,17)(H,15,18). The SMILES string of the molecule is O=C1NCNC(O)=C1C(=O)Nc1ccc(F)cc1. The Bertz CT molecular complexity index is 525. The smallest absolute Gasteiger partial charge is 0.266 e. The van der Waals surface area contributed by atoms with E-state index in [0.29, 0.717) is 5.69 Å². The van der Waals surface area contributed by atoms with Crippen LogP contribution in [0.5, 0.6) is 0 Å². The summed E-state index contributed by atoms with van der Waals surface area (Å²) in [5.41, 5.74) is -0.0920. The lowest BCUT2D eigenvalue weighted by Crippen LogP contribution is -2.44. The molecule has 1 heterocycles. The molecule has 4 N–H and O–H groups in total. The van der Waals surface area contributed by atoms with Gasteiger partial charge in [0.05, 0.1) is 6.67 Å². The molecule has 2 rings (SSSR count). The van der Waals surface area contributed by atoms with Crippen molar-refractivity contribution >= 4 is 17.5 Å². The first kappa shape index (κ1) is 11.9. The summed E-state index contributed by atoms with van der Waals surface area (Å²) >= 11 is 0. The van der Waals surface area contributed by atoms with E-state index in [1.807, 2.05) is 0 Å². The Morgan fingerprint density at radius 1 is 1.28 bits per heavy atom. The number of hydrogen-bond donors (Lipinski definition) is 4. The van der Waals surface area contributed by atoms with E-state index in [1.165, 1.54) is 24.3 Å². The van der Waals surface area contributed by atoms with Crippen LogP contribution in [-0.4, -0.2) is 23.6 Å². The number of benzene rings is 1. The van der Waals surface area contributed by atoms with Crippen molar-refractivity contribution in [3.63, 3.8) is 0 Å². The Morgan fingerprint density at radius 2 is 1.94 bits per heavy atom. The number of aliphatic hydroxyl groups is 1. The van der Waals surface area contributed by atoms with Gasteiger partial charge < -0.3 is 21.1 Å². The molecule has 0 aromatic heterocycles. The molecule has 94 valence electrons. The van der Waals surface area contributed by atoms with Gasteiger partial charge in [-0.25, -0.2) is 4.39 Å². The number of carbonyl (C=O) groups is 2. The fraction of sp³-hybridized carbons (Fsp3) is 0.0909. The van der Waals surface area contributed by atoms with Crippen LogP contribution in [0.1, 0.15) is 0 Å². The molecule has 1 aliphatic rings. The fourth-order valence-corrected chi connectivity index (χ4v) is 1.43. The van der Waals surface area contributed by atoms with Gasteiger partial charge in [-0.15, -0.1) is 0 Å². The first-order valence-electron chi connectivity index (χ1n) is 5.10. The lowest BCUT2D eigenvalue weighted by atomic mass is 10.2. The average Bonchev–Trinajstić information content (AvgIpc) is 2.32. The zero-order valence-corrected chi connectivity index (χ0v) is 9.16. The molecule has 0 bridgehead atoms. The summed E-state index contributed by atoms with van der Waals surface area (Å²) in [6, 6.07) is 5.03. The molecule has 0 atom stereocenters. The topological polar surface area (TPSA) is 90.5 Å². The van der Waals surface area contributed by atoms with E-state index < -0.39 is 29.1 Å². The molecule has 0 saturated heterocycles. The van der Waals surface area contributed by atoms with Crippen molar-refractivity contribution in [2.45, 2.75) is 0 Å². The Morgan fingerprint density at radius 3 is 2.56 bits per heavy atom. The van der Waals surface area contributed by atoms with Crippen LogP contribution in [0.3, 0.4) is 0 Å². The summed E-state index contributed by atoms with van der Waals surface area (Å²) in [6.45, 7) is 0.0536. The minimum absolute atomic E-state index is 0.0536. The molecule has 0 aliphatic carbocycles. The molecular formula is C11H10FN3O3. The molecule has 18 heavy (non-hydrogen) atoms. The minimum Gasteiger partial charge on any atom is -0.494 e. The highest BCUT2D eigenvalue weighted by molar-refractivity contribution is 6.23. The van der Waals surface area contributed by atoms with E-state index in [4.69, 9.17) is 0 Å². The van der Waals surface area contributed by atoms with Crippen molar-refractivity contribution in [1.29, 1.82) is 0 Å². The summed E-state index contributed by atoms with van der Waals surface area (Å²) in [4.78, 5) is 23.2. The van der Waals surface area contributed by atoms with Crippen LogP contribution < -0.4 is 16.0 Å². The largest absolute Gasteiger partial charge is 0.494 e. The van der Waals surface area contributed by atoms with Crippen molar-refractivity contribution in [2.75, 3.05) is 12.0 Å². The van der Waals surface area contributed by atoms with E-state index >= 15 is 0 Å². The van der Waals surface area contributed by atoms with Crippen LogP contribution in [-0.2, 0) is 9.59 Å². The zero-order chi connectivity index (χ0) is 13.1. The van der Waals surface area contributed by atoms with Gasteiger partial charge in [-0.1, -0.05) is 0 Å². The predicted octanol–water partition coefficient (Wildman–Crippen LogP) is 0.211. The van der Waals surface area contributed by atoms with Gasteiger partial charge in [0.25, 0.3) is 11.8 Å². The number of amides is 2. The Balaban J connectivity index is 2.17. The Labute approximate surface area is 101 Å². The maximum Gasteiger partial charge on any atom is 0.266 e. The highest BCUT2D eigenvalue weighted by Gasteiger charge is 2.26. The van der Waals surface area contributed by atoms with Gasteiger partial charge in [-0.05, 0) is 24.3 Å². The number of anilines is 1. The van der Waals surface area contributed by atoms with Gasteiger partial charge in [0.2, 0.25) is 5.88 Å². The second kappa shape index (κ2) is 4.74. The minimum atomic E-state index is -0.774. The second-order valence-electron chi connectivity index (χ2n) is 3.54. The van der Waals surface area contributed by atoms with Crippen molar-refractivity contribution in [3.8, 4) is 0 Å². The lowest BCUT2D eigenvalue weighted by molar-refractivity contribution is -0.122. The van der Waals surface area contributed by atoms with Crippen LogP contribution in [0, 0.1) is 5.82 Å². The van der Waals surface area contributed by atoms with Gasteiger partial charge >= 0.3 is 0 Å². The number of nitrogens with one attached hydrogen (secondary N) is 3. The molecule has 1 aromatic carbocycles. The number of hydrogen-bond acceptors (Lipinski definition) is 4. The predicted molar refractivity (Wildman–Crippen MR) is 60.8 cm³/mol. The third-order valence-corrected chi connectivity index (χ3v) is 2.30. The zero-order valence-electron chi connectivity index (χ0n) is 9.16. The van der Waals surface area contributed by atoms with E-state index in [1.54, 1.807) is 0 Å². The molecule has 0 unspecified atom stereocenters. The summed E-state index contributed by atoms with van der Waals surface area (Å²) in [6.07, 6.45) is 0. The molecule has 7 heteroatoms. The van der Waals surface area contributed by atoms with Crippen LogP contribution in [0.15, 0.2) is 35.7 Å². The number of rotatable bonds is 2. The maximum atomic E-state index is 12.7. The summed E-state index contributed by atoms with van der Waals surface area (Å²) in [5, 5.41) is 16.6. The van der Waals surface area contributed by atoms with Crippen molar-refractivity contribution in [2.24, 2.45) is 0 Å². The van der Waals surface area contributed by atoms with Crippen molar-refractivity contribution in [1.82, 2.24) is 10.6 Å². The molecular weight excluding hydrogens is 241 g/mol. The Kier molecular flexibility index (Phi) is 3.13. The molecule has 0 saturated carbocycles. The monoisotopic (exact) mass is 251 g/mol. The lowest BCUT2D eigenvalue weighted by Gasteiger charge is -2.17. The van der Waals surface area contributed by atoms with Gasteiger partial charge in [0, 0.05) is 5.69 Å². The molecule has 0 fully saturated rings. The summed E-state index contributed by atoms with van der Waals surface area (Å²) in [5.74, 6) is -2.37. The third kappa shape index (κ3) is 2.40. The van der Waals surface area contributed by atoms with Crippen molar-refractivity contribution in [3.05, 3.63) is 41.5 Å². The van der Waals surface area contributed by atoms with Gasteiger partial charge in [0.1, 0.15) is 5.82 Å². The van der Waals surface area contributed by atoms with Crippen molar-refractivity contribution < 1.29 is 19.1 Å². The third-order valence-electron chi connectivity index (χ3n) is 2.30. The van der Waals surface area contributed by atoms with Gasteiger partial charge in [-0.2, -0.15) is 0 Å². The molecule has 2 amide bonds.